The van der Waals surface area contributed by atoms with Gasteiger partial charge >= 0.3 is 0 Å². The van der Waals surface area contributed by atoms with E-state index in [1.165, 1.54) is 0 Å². The Hall–Kier alpha value is -1.49. The van der Waals surface area contributed by atoms with Crippen LogP contribution in [0, 0.1) is 0 Å². The summed E-state index contributed by atoms with van der Waals surface area (Å²) >= 11 is 3.39. The van der Waals surface area contributed by atoms with E-state index in [4.69, 9.17) is 10.5 Å². The molecule has 5 heteroatoms. The van der Waals surface area contributed by atoms with Crippen LogP contribution >= 0.6 is 15.9 Å². The lowest BCUT2D eigenvalue weighted by Gasteiger charge is -2.05. The fourth-order valence-electron chi connectivity index (χ4n) is 1.37. The maximum atomic E-state index is 5.60. The Labute approximate surface area is 102 Å². The second-order valence-electron chi connectivity index (χ2n) is 3.44. The van der Waals surface area contributed by atoms with E-state index in [1.54, 1.807) is 6.20 Å². The molecule has 2 aromatic rings. The highest BCUT2D eigenvalue weighted by atomic mass is 79.9. The number of rotatable bonds is 3. The van der Waals surface area contributed by atoms with Crippen LogP contribution in [0.5, 0.6) is 5.75 Å². The molecule has 0 aliphatic rings. The molecule has 0 spiro atoms. The maximum absolute atomic E-state index is 5.60. The predicted octanol–water partition coefficient (Wildman–Crippen LogP) is 2.34. The number of ether oxygens (including phenoxy) is 1. The van der Waals surface area contributed by atoms with E-state index < -0.39 is 0 Å². The Kier molecular flexibility index (Phi) is 3.14. The lowest BCUT2D eigenvalue weighted by molar-refractivity contribution is 0.291. The van der Waals surface area contributed by atoms with Crippen LogP contribution in [0.4, 0.5) is 5.82 Å². The first-order valence-electron chi connectivity index (χ1n) is 4.81. The molecule has 0 aliphatic heterocycles. The fraction of sp³-hybridized carbons (Fsp3) is 0.182. The van der Waals surface area contributed by atoms with Crippen LogP contribution in [0.15, 0.2) is 34.9 Å². The molecule has 0 saturated heterocycles. The Bertz CT molecular complexity index is 496. The van der Waals surface area contributed by atoms with Gasteiger partial charge in [-0.25, -0.2) is 4.98 Å². The third-order valence-electron chi connectivity index (χ3n) is 2.16. The molecule has 0 fully saturated rings. The highest BCUT2D eigenvalue weighted by molar-refractivity contribution is 9.10. The third kappa shape index (κ3) is 2.55. The lowest BCUT2D eigenvalue weighted by atomic mass is 10.3. The molecule has 1 heterocycles. The number of aryl methyl sites for hydroxylation is 1. The quantitative estimate of drug-likeness (QED) is 0.940. The normalized spacial score (nSPS) is 10.4. The van der Waals surface area contributed by atoms with E-state index in [0.717, 1.165) is 16.0 Å². The van der Waals surface area contributed by atoms with Crippen molar-refractivity contribution >= 4 is 21.7 Å². The van der Waals surface area contributed by atoms with Gasteiger partial charge in [-0.05, 0) is 18.2 Å². The van der Waals surface area contributed by atoms with Gasteiger partial charge < -0.3 is 15.0 Å². The molecule has 1 aromatic carbocycles. The second kappa shape index (κ2) is 4.57. The van der Waals surface area contributed by atoms with Gasteiger partial charge in [-0.2, -0.15) is 0 Å². The monoisotopic (exact) mass is 281 g/mol. The number of hydrogen-bond donors (Lipinski definition) is 1. The summed E-state index contributed by atoms with van der Waals surface area (Å²) in [6, 6.07) is 7.68. The molecule has 2 N–H and O–H groups in total. The van der Waals surface area contributed by atoms with Crippen LogP contribution in [-0.2, 0) is 13.7 Å². The number of nitrogens with two attached hydrogens (primary N) is 1. The zero-order valence-electron chi connectivity index (χ0n) is 8.85. The Balaban J connectivity index is 2.05. The minimum Gasteiger partial charge on any atom is -0.486 e. The van der Waals surface area contributed by atoms with Crippen molar-refractivity contribution in [1.82, 2.24) is 9.55 Å². The molecular weight excluding hydrogens is 270 g/mol. The molecule has 0 atom stereocenters. The summed E-state index contributed by atoms with van der Waals surface area (Å²) in [4.78, 5) is 4.15. The summed E-state index contributed by atoms with van der Waals surface area (Å²) < 4.78 is 8.44. The SMILES string of the molecule is Cn1cc(N)nc1COc1cccc(Br)c1. The number of aromatic nitrogens is 2. The highest BCUT2D eigenvalue weighted by Crippen LogP contribution is 2.18. The molecule has 0 bridgehead atoms. The van der Waals surface area contributed by atoms with E-state index in [1.807, 2.05) is 35.9 Å². The van der Waals surface area contributed by atoms with Gasteiger partial charge in [-0.1, -0.05) is 22.0 Å². The van der Waals surface area contributed by atoms with Gasteiger partial charge in [0.1, 0.15) is 24.0 Å². The molecule has 0 saturated carbocycles. The van der Waals surface area contributed by atoms with E-state index in [0.29, 0.717) is 12.4 Å². The number of nitrogens with zero attached hydrogens (tertiary/aromatic N) is 2. The van der Waals surface area contributed by atoms with Crippen molar-refractivity contribution in [3.63, 3.8) is 0 Å². The molecule has 2 rings (SSSR count). The molecule has 0 amide bonds. The van der Waals surface area contributed by atoms with E-state index in [-0.39, 0.29) is 0 Å². The van der Waals surface area contributed by atoms with Gasteiger partial charge in [-0.15, -0.1) is 0 Å². The van der Waals surface area contributed by atoms with Gasteiger partial charge in [0.2, 0.25) is 0 Å². The second-order valence-corrected chi connectivity index (χ2v) is 4.35. The van der Waals surface area contributed by atoms with Crippen molar-refractivity contribution in [2.45, 2.75) is 6.61 Å². The van der Waals surface area contributed by atoms with Crippen LogP contribution in [0.2, 0.25) is 0 Å². The van der Waals surface area contributed by atoms with Crippen molar-refractivity contribution in [2.24, 2.45) is 7.05 Å². The van der Waals surface area contributed by atoms with Gasteiger partial charge in [0.25, 0.3) is 0 Å². The van der Waals surface area contributed by atoms with Gasteiger partial charge in [0.05, 0.1) is 0 Å². The molecule has 0 aliphatic carbocycles. The molecular formula is C11H12BrN3O. The van der Waals surface area contributed by atoms with Crippen LogP contribution < -0.4 is 10.5 Å². The number of halogens is 1. The van der Waals surface area contributed by atoms with Crippen molar-refractivity contribution in [3.05, 3.63) is 40.8 Å². The average Bonchev–Trinajstić information content (AvgIpc) is 2.54. The molecule has 84 valence electrons. The standard InChI is InChI=1S/C11H12BrN3O/c1-15-6-10(13)14-11(15)7-16-9-4-2-3-8(12)5-9/h2-6H,7,13H2,1H3. The third-order valence-corrected chi connectivity index (χ3v) is 2.65. The molecule has 1 aromatic heterocycles. The Morgan fingerprint density at radius 2 is 2.31 bits per heavy atom. The minimum atomic E-state index is 0.407. The van der Waals surface area contributed by atoms with Crippen LogP contribution in [0.1, 0.15) is 5.82 Å². The smallest absolute Gasteiger partial charge is 0.149 e. The zero-order valence-corrected chi connectivity index (χ0v) is 10.4. The summed E-state index contributed by atoms with van der Waals surface area (Å²) in [6.07, 6.45) is 1.76. The van der Waals surface area contributed by atoms with Crippen LogP contribution in [0.3, 0.4) is 0 Å². The van der Waals surface area contributed by atoms with Gasteiger partial charge in [0, 0.05) is 17.7 Å². The molecule has 16 heavy (non-hydrogen) atoms. The van der Waals surface area contributed by atoms with Crippen molar-refractivity contribution in [1.29, 1.82) is 0 Å². The summed E-state index contributed by atoms with van der Waals surface area (Å²) in [5.41, 5.74) is 5.58. The van der Waals surface area contributed by atoms with Crippen LogP contribution in [0.25, 0.3) is 0 Å². The summed E-state index contributed by atoms with van der Waals surface area (Å²) in [5.74, 6) is 2.11. The molecule has 0 radical (unpaired) electrons. The lowest BCUT2D eigenvalue weighted by Crippen LogP contribution is -2.02. The largest absolute Gasteiger partial charge is 0.486 e. The number of anilines is 1. The Morgan fingerprint density at radius 3 is 2.94 bits per heavy atom. The van der Waals surface area contributed by atoms with E-state index in [2.05, 4.69) is 20.9 Å². The molecule has 4 nitrogen and oxygen atoms in total. The zero-order chi connectivity index (χ0) is 11.5. The number of imidazole rings is 1. The first kappa shape index (κ1) is 11.0. The maximum Gasteiger partial charge on any atom is 0.149 e. The minimum absolute atomic E-state index is 0.407. The number of hydrogen-bond acceptors (Lipinski definition) is 3. The fourth-order valence-corrected chi connectivity index (χ4v) is 1.75. The first-order valence-corrected chi connectivity index (χ1v) is 5.60. The number of nitrogen functional groups attached to an aromatic ring is 1. The van der Waals surface area contributed by atoms with Crippen molar-refractivity contribution < 1.29 is 4.74 Å². The first-order chi connectivity index (χ1) is 7.65. The van der Waals surface area contributed by atoms with Crippen LogP contribution in [-0.4, -0.2) is 9.55 Å². The van der Waals surface area contributed by atoms with E-state index in [9.17, 15) is 0 Å². The predicted molar refractivity (Wildman–Crippen MR) is 66.1 cm³/mol. The van der Waals surface area contributed by atoms with E-state index >= 15 is 0 Å². The van der Waals surface area contributed by atoms with Crippen molar-refractivity contribution in [3.8, 4) is 5.75 Å². The summed E-state index contributed by atoms with van der Waals surface area (Å²) in [6.45, 7) is 0.407. The highest BCUT2D eigenvalue weighted by Gasteiger charge is 2.03. The van der Waals surface area contributed by atoms with Gasteiger partial charge in [-0.3, -0.25) is 0 Å². The van der Waals surface area contributed by atoms with Gasteiger partial charge in [0.15, 0.2) is 0 Å². The molecule has 0 unspecified atom stereocenters. The summed E-state index contributed by atoms with van der Waals surface area (Å²) in [7, 11) is 1.89. The Morgan fingerprint density at radius 1 is 1.50 bits per heavy atom. The summed E-state index contributed by atoms with van der Waals surface area (Å²) in [5, 5.41) is 0. The van der Waals surface area contributed by atoms with Crippen molar-refractivity contribution in [2.75, 3.05) is 5.73 Å². The average molecular weight is 282 g/mol. The number of benzene rings is 1. The topological polar surface area (TPSA) is 53.1 Å².